The maximum atomic E-state index is 13.7. The first-order valence-electron chi connectivity index (χ1n) is 12.4. The Hall–Kier alpha value is -4.66. The molecule has 2 atom stereocenters. The predicted molar refractivity (Wildman–Crippen MR) is 148 cm³/mol. The summed E-state index contributed by atoms with van der Waals surface area (Å²) >= 11 is 0. The number of rotatable bonds is 13. The molecule has 198 valence electrons. The molecule has 3 rings (SSSR count). The van der Waals surface area contributed by atoms with Crippen molar-refractivity contribution in [3.63, 3.8) is 0 Å². The standard InChI is InChI=1S/C29H34N6O3/c30-26(36)24(19-20-11-4-1-5-12-20)35-27(37)23(17-10-18-33-29(31)32)34-28(38)25(21-13-6-2-7-14-21)22-15-8-3-9-16-22/h1-9,11-16,23-25H,10,17-19H2,(H2,30,36)(H,34,38)(H,35,37)(H4,31,32,33)/t23-,24-/m1/s1. The minimum absolute atomic E-state index is 0.0556. The van der Waals surface area contributed by atoms with Crippen LogP contribution in [0.1, 0.15) is 35.4 Å². The fourth-order valence-corrected chi connectivity index (χ4v) is 4.16. The number of primary amides is 1. The second-order valence-electron chi connectivity index (χ2n) is 8.92. The van der Waals surface area contributed by atoms with Crippen molar-refractivity contribution in [3.8, 4) is 0 Å². The van der Waals surface area contributed by atoms with E-state index in [4.69, 9.17) is 17.2 Å². The normalized spacial score (nSPS) is 12.2. The molecule has 0 heterocycles. The van der Waals surface area contributed by atoms with Crippen LogP contribution in [0.4, 0.5) is 0 Å². The van der Waals surface area contributed by atoms with Gasteiger partial charge in [-0.3, -0.25) is 19.4 Å². The highest BCUT2D eigenvalue weighted by Crippen LogP contribution is 2.25. The fourth-order valence-electron chi connectivity index (χ4n) is 4.16. The Bertz CT molecular complexity index is 1180. The van der Waals surface area contributed by atoms with Gasteiger partial charge in [-0.2, -0.15) is 0 Å². The lowest BCUT2D eigenvalue weighted by Gasteiger charge is -2.25. The zero-order valence-electron chi connectivity index (χ0n) is 21.1. The van der Waals surface area contributed by atoms with Gasteiger partial charge in [0.1, 0.15) is 12.1 Å². The first kappa shape index (κ1) is 27.9. The maximum Gasteiger partial charge on any atom is 0.243 e. The SMILES string of the molecule is NC(=O)[C@@H](Cc1ccccc1)NC(=O)[C@@H](CCCN=C(N)N)NC(=O)C(c1ccccc1)c1ccccc1. The number of nitrogens with one attached hydrogen (secondary N) is 2. The molecule has 3 amide bonds. The number of nitrogens with two attached hydrogens (primary N) is 3. The van der Waals surface area contributed by atoms with E-state index in [1.165, 1.54) is 0 Å². The van der Waals surface area contributed by atoms with E-state index in [1.807, 2.05) is 91.0 Å². The van der Waals surface area contributed by atoms with E-state index in [0.29, 0.717) is 6.42 Å². The Morgan fingerprint density at radius 1 is 0.684 bits per heavy atom. The summed E-state index contributed by atoms with van der Waals surface area (Å²) in [6, 6.07) is 26.0. The molecule has 0 fully saturated rings. The number of carbonyl (C=O) groups excluding carboxylic acids is 3. The van der Waals surface area contributed by atoms with Gasteiger partial charge >= 0.3 is 0 Å². The van der Waals surface area contributed by atoms with Crippen LogP contribution in [0.5, 0.6) is 0 Å². The molecule has 38 heavy (non-hydrogen) atoms. The highest BCUT2D eigenvalue weighted by molar-refractivity contribution is 5.94. The minimum Gasteiger partial charge on any atom is -0.370 e. The lowest BCUT2D eigenvalue weighted by molar-refractivity contribution is -0.131. The second kappa shape index (κ2) is 14.2. The van der Waals surface area contributed by atoms with Crippen LogP contribution in [-0.4, -0.2) is 42.3 Å². The summed E-state index contributed by atoms with van der Waals surface area (Å²) in [4.78, 5) is 43.2. The average molecular weight is 515 g/mol. The van der Waals surface area contributed by atoms with E-state index >= 15 is 0 Å². The molecule has 0 aliphatic heterocycles. The first-order valence-corrected chi connectivity index (χ1v) is 12.4. The van der Waals surface area contributed by atoms with Crippen molar-refractivity contribution in [2.75, 3.05) is 6.54 Å². The van der Waals surface area contributed by atoms with E-state index in [-0.39, 0.29) is 31.3 Å². The summed E-state index contributed by atoms with van der Waals surface area (Å²) in [6.45, 7) is 0.284. The Balaban J connectivity index is 1.82. The fraction of sp³-hybridized carbons (Fsp3) is 0.241. The van der Waals surface area contributed by atoms with Crippen LogP contribution in [0.25, 0.3) is 0 Å². The number of guanidine groups is 1. The zero-order chi connectivity index (χ0) is 27.3. The Morgan fingerprint density at radius 2 is 1.18 bits per heavy atom. The lowest BCUT2D eigenvalue weighted by atomic mass is 9.90. The second-order valence-corrected chi connectivity index (χ2v) is 8.92. The highest BCUT2D eigenvalue weighted by Gasteiger charge is 2.29. The van der Waals surface area contributed by atoms with Crippen molar-refractivity contribution in [3.05, 3.63) is 108 Å². The third-order valence-corrected chi connectivity index (χ3v) is 6.05. The van der Waals surface area contributed by atoms with Gasteiger partial charge in [0, 0.05) is 13.0 Å². The Labute approximate surface area is 222 Å². The molecule has 9 nitrogen and oxygen atoms in total. The molecule has 0 unspecified atom stereocenters. The largest absolute Gasteiger partial charge is 0.370 e. The first-order chi connectivity index (χ1) is 18.3. The van der Waals surface area contributed by atoms with Gasteiger partial charge in [-0.05, 0) is 29.5 Å². The Kier molecular flexibility index (Phi) is 10.4. The molecular weight excluding hydrogens is 480 g/mol. The smallest absolute Gasteiger partial charge is 0.243 e. The van der Waals surface area contributed by atoms with E-state index in [0.717, 1.165) is 16.7 Å². The summed E-state index contributed by atoms with van der Waals surface area (Å²) < 4.78 is 0. The van der Waals surface area contributed by atoms with Crippen LogP contribution in [0.2, 0.25) is 0 Å². The molecule has 8 N–H and O–H groups in total. The summed E-state index contributed by atoms with van der Waals surface area (Å²) in [5.74, 6) is -2.22. The number of amides is 3. The molecule has 0 bridgehead atoms. The predicted octanol–water partition coefficient (Wildman–Crippen LogP) is 1.57. The zero-order valence-corrected chi connectivity index (χ0v) is 21.1. The highest BCUT2D eigenvalue weighted by atomic mass is 16.2. The molecule has 0 radical (unpaired) electrons. The van der Waals surface area contributed by atoms with Crippen LogP contribution >= 0.6 is 0 Å². The molecule has 0 aliphatic rings. The maximum absolute atomic E-state index is 13.7. The monoisotopic (exact) mass is 514 g/mol. The quantitative estimate of drug-likeness (QED) is 0.132. The number of hydrogen-bond acceptors (Lipinski definition) is 4. The number of aliphatic imine (C=N–C) groups is 1. The van der Waals surface area contributed by atoms with E-state index in [1.54, 1.807) is 0 Å². The summed E-state index contributed by atoms with van der Waals surface area (Å²) in [6.07, 6.45) is 0.909. The van der Waals surface area contributed by atoms with Crippen molar-refractivity contribution in [1.82, 2.24) is 10.6 Å². The molecule has 3 aromatic carbocycles. The molecule has 0 aliphatic carbocycles. The summed E-state index contributed by atoms with van der Waals surface area (Å²) in [5, 5.41) is 5.62. The molecule has 0 spiro atoms. The number of carbonyl (C=O) groups is 3. The van der Waals surface area contributed by atoms with E-state index in [2.05, 4.69) is 15.6 Å². The van der Waals surface area contributed by atoms with Gasteiger partial charge < -0.3 is 27.8 Å². The molecule has 0 saturated carbocycles. The van der Waals surface area contributed by atoms with Crippen LogP contribution in [0.3, 0.4) is 0 Å². The third-order valence-electron chi connectivity index (χ3n) is 6.05. The van der Waals surface area contributed by atoms with Crippen LogP contribution in [0, 0.1) is 0 Å². The topological polar surface area (TPSA) is 166 Å². The third kappa shape index (κ3) is 8.48. The minimum atomic E-state index is -0.943. The van der Waals surface area contributed by atoms with Gasteiger partial charge in [-0.1, -0.05) is 91.0 Å². The van der Waals surface area contributed by atoms with Crippen molar-refractivity contribution in [2.24, 2.45) is 22.2 Å². The summed E-state index contributed by atoms with van der Waals surface area (Å²) in [7, 11) is 0. The molecule has 9 heteroatoms. The van der Waals surface area contributed by atoms with Gasteiger partial charge in [-0.15, -0.1) is 0 Å². The van der Waals surface area contributed by atoms with Crippen molar-refractivity contribution in [1.29, 1.82) is 0 Å². The van der Waals surface area contributed by atoms with Crippen molar-refractivity contribution >= 4 is 23.7 Å². The van der Waals surface area contributed by atoms with Crippen LogP contribution in [-0.2, 0) is 20.8 Å². The number of hydrogen-bond donors (Lipinski definition) is 5. The summed E-state index contributed by atoms with van der Waals surface area (Å²) in [5.41, 5.74) is 18.9. The van der Waals surface area contributed by atoms with E-state index in [9.17, 15) is 14.4 Å². The number of benzene rings is 3. The van der Waals surface area contributed by atoms with Gasteiger partial charge in [0.05, 0.1) is 5.92 Å². The average Bonchev–Trinajstić information content (AvgIpc) is 2.91. The number of nitrogens with zero attached hydrogens (tertiary/aromatic N) is 1. The molecule has 3 aromatic rings. The molecular formula is C29H34N6O3. The lowest BCUT2D eigenvalue weighted by Crippen LogP contribution is -2.54. The van der Waals surface area contributed by atoms with Gasteiger partial charge in [0.2, 0.25) is 17.7 Å². The van der Waals surface area contributed by atoms with Crippen LogP contribution in [0.15, 0.2) is 96.0 Å². The van der Waals surface area contributed by atoms with Gasteiger partial charge in [-0.25, -0.2) is 0 Å². The van der Waals surface area contributed by atoms with E-state index < -0.39 is 29.8 Å². The Morgan fingerprint density at radius 3 is 1.68 bits per heavy atom. The van der Waals surface area contributed by atoms with Crippen molar-refractivity contribution < 1.29 is 14.4 Å². The van der Waals surface area contributed by atoms with Gasteiger partial charge in [0.25, 0.3) is 0 Å². The molecule has 0 saturated heterocycles. The van der Waals surface area contributed by atoms with Crippen LogP contribution < -0.4 is 27.8 Å². The van der Waals surface area contributed by atoms with Crippen molar-refractivity contribution in [2.45, 2.75) is 37.3 Å². The van der Waals surface area contributed by atoms with Gasteiger partial charge in [0.15, 0.2) is 5.96 Å². The molecule has 0 aromatic heterocycles.